The largest absolute Gasteiger partial charge is 0.466 e. The van der Waals surface area contributed by atoms with Gasteiger partial charge in [-0.15, -0.1) is 0 Å². The zero-order valence-corrected chi connectivity index (χ0v) is 12.7. The van der Waals surface area contributed by atoms with Gasteiger partial charge in [0.25, 0.3) is 0 Å². The van der Waals surface area contributed by atoms with Gasteiger partial charge < -0.3 is 20.2 Å². The average molecular weight is 288 g/mol. The van der Waals surface area contributed by atoms with Crippen LogP contribution in [0.15, 0.2) is 28.7 Å². The molecule has 2 rings (SSSR count). The summed E-state index contributed by atoms with van der Waals surface area (Å²) in [7, 11) is 1.34. The van der Waals surface area contributed by atoms with E-state index < -0.39 is 5.97 Å². The Bertz CT molecular complexity index is 662. The minimum Gasteiger partial charge on any atom is -0.466 e. The van der Waals surface area contributed by atoms with Crippen LogP contribution in [0.25, 0.3) is 0 Å². The van der Waals surface area contributed by atoms with Gasteiger partial charge in [0.05, 0.1) is 30.1 Å². The van der Waals surface area contributed by atoms with Gasteiger partial charge in [0.15, 0.2) is 0 Å². The van der Waals surface area contributed by atoms with Crippen molar-refractivity contribution in [1.29, 1.82) is 0 Å². The van der Waals surface area contributed by atoms with Crippen LogP contribution in [0.3, 0.4) is 0 Å². The van der Waals surface area contributed by atoms with Crippen molar-refractivity contribution >= 4 is 17.3 Å². The number of nitrogens with one attached hydrogen (secondary N) is 1. The third kappa shape index (κ3) is 3.02. The van der Waals surface area contributed by atoms with Gasteiger partial charge in [0.1, 0.15) is 11.5 Å². The number of para-hydroxylation sites is 1. The van der Waals surface area contributed by atoms with Gasteiger partial charge in [-0.2, -0.15) is 0 Å². The second kappa shape index (κ2) is 5.91. The molecule has 2 aromatic rings. The number of ether oxygens (including phenoxy) is 1. The monoisotopic (exact) mass is 288 g/mol. The molecule has 0 bridgehead atoms. The van der Waals surface area contributed by atoms with E-state index in [4.69, 9.17) is 14.9 Å². The van der Waals surface area contributed by atoms with E-state index in [9.17, 15) is 4.79 Å². The van der Waals surface area contributed by atoms with Gasteiger partial charge in [-0.1, -0.05) is 6.07 Å². The Kier molecular flexibility index (Phi) is 4.21. The standard InChI is InChI=1S/C16H20N2O3/c1-9-8-13(11(3)21-9)10(2)18-14-7-5-6-12(15(14)17)16(19)20-4/h5-8,10,18H,17H2,1-4H3. The Morgan fingerprint density at radius 2 is 2.10 bits per heavy atom. The Morgan fingerprint density at radius 1 is 1.38 bits per heavy atom. The first-order chi connectivity index (χ1) is 9.93. The van der Waals surface area contributed by atoms with E-state index in [1.165, 1.54) is 7.11 Å². The number of nitrogen functional groups attached to an aromatic ring is 1. The predicted octanol–water partition coefficient (Wildman–Crippen LogP) is 3.44. The van der Waals surface area contributed by atoms with Gasteiger partial charge >= 0.3 is 5.97 Å². The lowest BCUT2D eigenvalue weighted by Gasteiger charge is -2.17. The number of methoxy groups -OCH3 is 1. The molecule has 1 heterocycles. The molecule has 0 saturated heterocycles. The van der Waals surface area contributed by atoms with E-state index in [1.54, 1.807) is 12.1 Å². The maximum atomic E-state index is 11.7. The molecule has 0 radical (unpaired) electrons. The van der Waals surface area contributed by atoms with Crippen molar-refractivity contribution in [2.45, 2.75) is 26.8 Å². The molecule has 5 nitrogen and oxygen atoms in total. The van der Waals surface area contributed by atoms with Crippen LogP contribution < -0.4 is 11.1 Å². The number of carbonyl (C=O) groups is 1. The molecule has 0 fully saturated rings. The highest BCUT2D eigenvalue weighted by Crippen LogP contribution is 2.29. The highest BCUT2D eigenvalue weighted by atomic mass is 16.5. The molecule has 5 heteroatoms. The summed E-state index contributed by atoms with van der Waals surface area (Å²) in [6.07, 6.45) is 0. The minimum absolute atomic E-state index is 0.0117. The molecule has 0 spiro atoms. The van der Waals surface area contributed by atoms with E-state index in [0.717, 1.165) is 17.1 Å². The minimum atomic E-state index is -0.445. The van der Waals surface area contributed by atoms with E-state index in [1.807, 2.05) is 32.9 Å². The van der Waals surface area contributed by atoms with Crippen LogP contribution in [-0.2, 0) is 4.74 Å². The van der Waals surface area contributed by atoms with Crippen molar-refractivity contribution in [3.8, 4) is 0 Å². The number of rotatable bonds is 4. The normalized spacial score (nSPS) is 12.0. The van der Waals surface area contributed by atoms with Crippen molar-refractivity contribution in [2.24, 2.45) is 0 Å². The van der Waals surface area contributed by atoms with Crippen LogP contribution in [0.1, 0.15) is 40.4 Å². The Morgan fingerprint density at radius 3 is 2.67 bits per heavy atom. The maximum Gasteiger partial charge on any atom is 0.340 e. The fourth-order valence-corrected chi connectivity index (χ4v) is 2.37. The van der Waals surface area contributed by atoms with Crippen molar-refractivity contribution in [3.05, 3.63) is 46.9 Å². The Hall–Kier alpha value is -2.43. The van der Waals surface area contributed by atoms with E-state index in [-0.39, 0.29) is 6.04 Å². The molecule has 1 aromatic heterocycles. The predicted molar refractivity (Wildman–Crippen MR) is 82.4 cm³/mol. The summed E-state index contributed by atoms with van der Waals surface area (Å²) in [6, 6.07) is 7.25. The smallest absolute Gasteiger partial charge is 0.340 e. The molecular formula is C16H20N2O3. The zero-order chi connectivity index (χ0) is 15.6. The lowest BCUT2D eigenvalue weighted by molar-refractivity contribution is 0.0602. The van der Waals surface area contributed by atoms with E-state index in [2.05, 4.69) is 5.32 Å². The number of hydrogen-bond donors (Lipinski definition) is 2. The van der Waals surface area contributed by atoms with Gasteiger partial charge in [-0.3, -0.25) is 0 Å². The van der Waals surface area contributed by atoms with Crippen LogP contribution in [0.2, 0.25) is 0 Å². The molecule has 1 unspecified atom stereocenters. The first kappa shape index (κ1) is 15.0. The van der Waals surface area contributed by atoms with Crippen LogP contribution in [0.5, 0.6) is 0 Å². The number of carbonyl (C=O) groups excluding carboxylic acids is 1. The SMILES string of the molecule is COC(=O)c1cccc(NC(C)c2cc(C)oc2C)c1N. The van der Waals surface area contributed by atoms with Gasteiger partial charge in [-0.25, -0.2) is 4.79 Å². The first-order valence-electron chi connectivity index (χ1n) is 6.74. The lowest BCUT2D eigenvalue weighted by atomic mass is 10.1. The number of anilines is 2. The summed E-state index contributed by atoms with van der Waals surface area (Å²) in [5, 5.41) is 3.31. The summed E-state index contributed by atoms with van der Waals surface area (Å²) in [4.78, 5) is 11.7. The van der Waals surface area contributed by atoms with Crippen molar-refractivity contribution < 1.29 is 13.9 Å². The highest BCUT2D eigenvalue weighted by molar-refractivity contribution is 5.98. The third-order valence-electron chi connectivity index (χ3n) is 3.43. The first-order valence-corrected chi connectivity index (χ1v) is 6.74. The molecule has 0 saturated carbocycles. The highest BCUT2D eigenvalue weighted by Gasteiger charge is 2.16. The lowest BCUT2D eigenvalue weighted by Crippen LogP contribution is -2.12. The molecule has 0 amide bonds. The quantitative estimate of drug-likeness (QED) is 0.665. The molecule has 0 aliphatic heterocycles. The third-order valence-corrected chi connectivity index (χ3v) is 3.43. The van der Waals surface area contributed by atoms with Crippen molar-refractivity contribution in [1.82, 2.24) is 0 Å². The Balaban J connectivity index is 2.27. The molecule has 1 atom stereocenters. The molecule has 1 aromatic carbocycles. The molecule has 3 N–H and O–H groups in total. The fourth-order valence-electron chi connectivity index (χ4n) is 2.37. The number of aryl methyl sites for hydroxylation is 2. The fraction of sp³-hybridized carbons (Fsp3) is 0.312. The Labute approximate surface area is 124 Å². The van der Waals surface area contributed by atoms with E-state index >= 15 is 0 Å². The second-order valence-corrected chi connectivity index (χ2v) is 4.99. The molecule has 112 valence electrons. The summed E-state index contributed by atoms with van der Waals surface area (Å²) in [5.74, 6) is 1.29. The van der Waals surface area contributed by atoms with Crippen molar-refractivity contribution in [3.63, 3.8) is 0 Å². The van der Waals surface area contributed by atoms with Gasteiger partial charge in [0.2, 0.25) is 0 Å². The number of esters is 1. The molecule has 0 aliphatic rings. The van der Waals surface area contributed by atoms with Crippen LogP contribution >= 0.6 is 0 Å². The van der Waals surface area contributed by atoms with Gasteiger partial charge in [0, 0.05) is 5.56 Å². The number of benzene rings is 1. The van der Waals surface area contributed by atoms with Crippen LogP contribution in [0.4, 0.5) is 11.4 Å². The molecule has 21 heavy (non-hydrogen) atoms. The molecular weight excluding hydrogens is 268 g/mol. The summed E-state index contributed by atoms with van der Waals surface area (Å²) in [5.41, 5.74) is 8.55. The number of furan rings is 1. The molecule has 0 aliphatic carbocycles. The maximum absolute atomic E-state index is 11.7. The zero-order valence-electron chi connectivity index (χ0n) is 12.7. The van der Waals surface area contributed by atoms with Crippen LogP contribution in [0, 0.1) is 13.8 Å². The topological polar surface area (TPSA) is 77.5 Å². The van der Waals surface area contributed by atoms with Gasteiger partial charge in [-0.05, 0) is 39.0 Å². The summed E-state index contributed by atoms with van der Waals surface area (Å²) < 4.78 is 10.3. The summed E-state index contributed by atoms with van der Waals surface area (Å²) >= 11 is 0. The van der Waals surface area contributed by atoms with Crippen LogP contribution in [-0.4, -0.2) is 13.1 Å². The average Bonchev–Trinajstić information content (AvgIpc) is 2.79. The summed E-state index contributed by atoms with van der Waals surface area (Å²) in [6.45, 7) is 5.85. The number of hydrogen-bond acceptors (Lipinski definition) is 5. The van der Waals surface area contributed by atoms with Crippen molar-refractivity contribution in [2.75, 3.05) is 18.2 Å². The number of nitrogens with two attached hydrogens (primary N) is 1. The van der Waals surface area contributed by atoms with E-state index in [0.29, 0.717) is 16.9 Å². The second-order valence-electron chi connectivity index (χ2n) is 4.99.